The molecule has 3 aromatic rings. The zero-order valence-electron chi connectivity index (χ0n) is 16.7. The standard InChI is InChI=1S/C25H27NOS/c1-14-5-3-4-6-20(14)26-15(2)24-22(23-21(28-24)7-8-27-23)25(26)18-10-16-9-17(12-18)13-19(25)11-16/h3-8,15-19H,9-13H2,1-2H3. The van der Waals surface area contributed by atoms with Gasteiger partial charge in [0.2, 0.25) is 0 Å². The number of benzene rings is 1. The molecule has 4 bridgehead atoms. The van der Waals surface area contributed by atoms with Gasteiger partial charge in [-0.2, -0.15) is 0 Å². The minimum Gasteiger partial charge on any atom is -0.463 e. The average molecular weight is 390 g/mol. The summed E-state index contributed by atoms with van der Waals surface area (Å²) in [6.07, 6.45) is 9.07. The number of aryl methyl sites for hydroxylation is 1. The summed E-state index contributed by atoms with van der Waals surface area (Å²) >= 11 is 1.99. The van der Waals surface area contributed by atoms with E-state index in [0.717, 1.165) is 23.7 Å². The van der Waals surface area contributed by atoms with Gasteiger partial charge in [0.25, 0.3) is 0 Å². The third kappa shape index (κ3) is 1.72. The van der Waals surface area contributed by atoms with E-state index in [-0.39, 0.29) is 5.54 Å². The summed E-state index contributed by atoms with van der Waals surface area (Å²) in [7, 11) is 0. The van der Waals surface area contributed by atoms with Crippen LogP contribution < -0.4 is 4.90 Å². The van der Waals surface area contributed by atoms with E-state index >= 15 is 0 Å². The zero-order valence-corrected chi connectivity index (χ0v) is 17.5. The molecule has 0 amide bonds. The summed E-state index contributed by atoms with van der Waals surface area (Å²) in [5.74, 6) is 3.48. The van der Waals surface area contributed by atoms with Crippen molar-refractivity contribution in [2.45, 2.75) is 57.5 Å². The van der Waals surface area contributed by atoms with E-state index in [4.69, 9.17) is 4.42 Å². The second-order valence-corrected chi connectivity index (χ2v) is 11.0. The van der Waals surface area contributed by atoms with Gasteiger partial charge in [-0.1, -0.05) is 18.2 Å². The molecule has 1 aromatic carbocycles. The van der Waals surface area contributed by atoms with Gasteiger partial charge in [0.1, 0.15) is 0 Å². The van der Waals surface area contributed by atoms with Crippen molar-refractivity contribution in [3.8, 4) is 0 Å². The molecule has 4 saturated carbocycles. The Balaban J connectivity index is 1.55. The van der Waals surface area contributed by atoms with Crippen molar-refractivity contribution in [3.63, 3.8) is 0 Å². The normalized spacial score (nSPS) is 38.1. The molecule has 8 rings (SSSR count). The molecule has 2 nitrogen and oxygen atoms in total. The SMILES string of the molecule is Cc1ccccc1N1C(C)c2sc3ccoc3c2C12C1CC3CC(C1)CC2C3. The molecule has 5 aliphatic rings. The number of anilines is 1. The Morgan fingerprint density at radius 3 is 2.43 bits per heavy atom. The smallest absolute Gasteiger partial charge is 0.150 e. The van der Waals surface area contributed by atoms with Crippen LogP contribution in [0.4, 0.5) is 5.69 Å². The lowest BCUT2D eigenvalue weighted by atomic mass is 9.47. The van der Waals surface area contributed by atoms with E-state index in [1.807, 2.05) is 17.6 Å². The van der Waals surface area contributed by atoms with Gasteiger partial charge in [0.15, 0.2) is 5.58 Å². The summed E-state index contributed by atoms with van der Waals surface area (Å²) in [4.78, 5) is 4.45. The topological polar surface area (TPSA) is 16.4 Å². The van der Waals surface area contributed by atoms with Crippen LogP contribution in [0.3, 0.4) is 0 Å². The fourth-order valence-corrected chi connectivity index (χ4v) is 9.26. The van der Waals surface area contributed by atoms with Crippen LogP contribution >= 0.6 is 11.3 Å². The molecule has 1 spiro atoms. The quantitative estimate of drug-likeness (QED) is 0.444. The molecule has 1 unspecified atom stereocenters. The Kier molecular flexibility index (Phi) is 3.01. The van der Waals surface area contributed by atoms with E-state index in [9.17, 15) is 0 Å². The third-order valence-electron chi connectivity index (χ3n) is 8.65. The second kappa shape index (κ2) is 5.24. The molecule has 1 atom stereocenters. The van der Waals surface area contributed by atoms with Crippen molar-refractivity contribution in [1.82, 2.24) is 0 Å². The van der Waals surface area contributed by atoms with Gasteiger partial charge in [-0.05, 0) is 87.3 Å². The van der Waals surface area contributed by atoms with Crippen LogP contribution in [0.25, 0.3) is 10.3 Å². The monoisotopic (exact) mass is 389 g/mol. The van der Waals surface area contributed by atoms with Gasteiger partial charge in [0, 0.05) is 16.1 Å². The van der Waals surface area contributed by atoms with Crippen molar-refractivity contribution < 1.29 is 4.42 Å². The molecule has 3 heteroatoms. The third-order valence-corrected chi connectivity index (χ3v) is 9.95. The summed E-state index contributed by atoms with van der Waals surface area (Å²) in [6.45, 7) is 4.74. The molecule has 4 fully saturated rings. The van der Waals surface area contributed by atoms with Crippen LogP contribution in [-0.2, 0) is 5.54 Å². The number of hydrogen-bond donors (Lipinski definition) is 0. The summed E-state index contributed by atoms with van der Waals surface area (Å²) in [5.41, 5.74) is 5.79. The Bertz CT molecular complexity index is 1060. The first kappa shape index (κ1) is 16.1. The number of thiophene rings is 1. The van der Waals surface area contributed by atoms with Gasteiger partial charge >= 0.3 is 0 Å². The van der Waals surface area contributed by atoms with Gasteiger partial charge in [0.05, 0.1) is 22.5 Å². The molecule has 0 saturated heterocycles. The minimum atomic E-state index is 0.143. The molecule has 3 heterocycles. The first-order chi connectivity index (χ1) is 13.7. The predicted octanol–water partition coefficient (Wildman–Crippen LogP) is 7.04. The fraction of sp³-hybridized carbons (Fsp3) is 0.520. The highest BCUT2D eigenvalue weighted by atomic mass is 32.1. The fourth-order valence-electron chi connectivity index (χ4n) is 8.02. The van der Waals surface area contributed by atoms with E-state index in [1.165, 1.54) is 53.6 Å². The summed E-state index contributed by atoms with van der Waals surface area (Å²) in [5, 5.41) is 0. The molecule has 4 aliphatic carbocycles. The van der Waals surface area contributed by atoms with Crippen LogP contribution in [0.1, 0.15) is 61.1 Å². The first-order valence-corrected chi connectivity index (χ1v) is 11.8. The van der Waals surface area contributed by atoms with E-state index in [1.54, 1.807) is 10.4 Å². The molecule has 144 valence electrons. The molecule has 0 N–H and O–H groups in total. The first-order valence-electron chi connectivity index (χ1n) is 11.0. The number of furan rings is 1. The number of fused-ring (bicyclic) bond motifs is 3. The van der Waals surface area contributed by atoms with Gasteiger partial charge < -0.3 is 9.32 Å². The van der Waals surface area contributed by atoms with Gasteiger partial charge in [-0.25, -0.2) is 0 Å². The largest absolute Gasteiger partial charge is 0.463 e. The molecule has 28 heavy (non-hydrogen) atoms. The maximum atomic E-state index is 6.18. The van der Waals surface area contributed by atoms with Crippen LogP contribution in [0.2, 0.25) is 0 Å². The lowest BCUT2D eigenvalue weighted by molar-refractivity contribution is -0.0599. The highest BCUT2D eigenvalue weighted by Crippen LogP contribution is 2.70. The van der Waals surface area contributed by atoms with Crippen LogP contribution in [0.15, 0.2) is 41.0 Å². The lowest BCUT2D eigenvalue weighted by Crippen LogP contribution is -2.62. The predicted molar refractivity (Wildman–Crippen MR) is 115 cm³/mol. The summed E-state index contributed by atoms with van der Waals surface area (Å²) < 4.78 is 7.53. The van der Waals surface area contributed by atoms with E-state index in [0.29, 0.717) is 6.04 Å². The maximum absolute atomic E-state index is 6.18. The van der Waals surface area contributed by atoms with Crippen molar-refractivity contribution in [1.29, 1.82) is 0 Å². The van der Waals surface area contributed by atoms with Gasteiger partial charge in [-0.3, -0.25) is 0 Å². The Hall–Kier alpha value is -1.74. The number of hydrogen-bond acceptors (Lipinski definition) is 3. The summed E-state index contributed by atoms with van der Waals surface area (Å²) in [6, 6.07) is 11.7. The lowest BCUT2D eigenvalue weighted by Gasteiger charge is -2.64. The van der Waals surface area contributed by atoms with Crippen molar-refractivity contribution in [2.75, 3.05) is 4.90 Å². The van der Waals surface area contributed by atoms with E-state index in [2.05, 4.69) is 49.1 Å². The van der Waals surface area contributed by atoms with Crippen LogP contribution in [0, 0.1) is 30.6 Å². The van der Waals surface area contributed by atoms with Crippen molar-refractivity contribution in [2.24, 2.45) is 23.7 Å². The van der Waals surface area contributed by atoms with Crippen LogP contribution in [0.5, 0.6) is 0 Å². The number of rotatable bonds is 1. The van der Waals surface area contributed by atoms with Gasteiger partial charge in [-0.15, -0.1) is 11.3 Å². The molecular formula is C25H27NOS. The van der Waals surface area contributed by atoms with E-state index < -0.39 is 0 Å². The molecule has 0 radical (unpaired) electrons. The Labute approximate surface area is 170 Å². The average Bonchev–Trinajstić information content (AvgIpc) is 3.32. The second-order valence-electron chi connectivity index (χ2n) is 9.92. The Morgan fingerprint density at radius 2 is 1.71 bits per heavy atom. The Morgan fingerprint density at radius 1 is 1.00 bits per heavy atom. The molecular weight excluding hydrogens is 362 g/mol. The van der Waals surface area contributed by atoms with Crippen molar-refractivity contribution in [3.05, 3.63) is 52.6 Å². The highest BCUT2D eigenvalue weighted by Gasteiger charge is 2.66. The zero-order chi connectivity index (χ0) is 18.6. The number of para-hydroxylation sites is 1. The van der Waals surface area contributed by atoms with Crippen molar-refractivity contribution >= 4 is 27.3 Å². The minimum absolute atomic E-state index is 0.143. The molecule has 2 aromatic heterocycles. The van der Waals surface area contributed by atoms with Crippen LogP contribution in [-0.4, -0.2) is 0 Å². The highest BCUT2D eigenvalue weighted by molar-refractivity contribution is 7.19. The number of nitrogens with zero attached hydrogens (tertiary/aromatic N) is 1. The molecule has 1 aliphatic heterocycles. The maximum Gasteiger partial charge on any atom is 0.150 e.